The van der Waals surface area contributed by atoms with E-state index in [-0.39, 0.29) is 28.8 Å². The van der Waals surface area contributed by atoms with Crippen molar-refractivity contribution in [1.82, 2.24) is 4.72 Å². The van der Waals surface area contributed by atoms with E-state index in [1.165, 1.54) is 19.1 Å². The molecule has 119 valence electrons. The topological polar surface area (TPSA) is 66.4 Å². The minimum atomic E-state index is -3.72. The maximum Gasteiger partial charge on any atom is 0.241 e. The fraction of sp³-hybridized carbons (Fsp3) is 0.500. The minimum absolute atomic E-state index is 0. The van der Waals surface area contributed by atoms with Crippen LogP contribution in [0.3, 0.4) is 0 Å². The van der Waals surface area contributed by atoms with Gasteiger partial charge in [-0.2, -0.15) is 0 Å². The van der Waals surface area contributed by atoms with E-state index in [0.29, 0.717) is 18.9 Å². The van der Waals surface area contributed by atoms with Crippen LogP contribution in [0.1, 0.15) is 31.7 Å². The third-order valence-corrected chi connectivity index (χ3v) is 5.09. The first-order valence-electron chi connectivity index (χ1n) is 6.62. The molecule has 0 bridgehead atoms. The van der Waals surface area contributed by atoms with Crippen LogP contribution in [0.15, 0.2) is 23.1 Å². The predicted molar refractivity (Wildman–Crippen MR) is 81.0 cm³/mol. The summed E-state index contributed by atoms with van der Waals surface area (Å²) in [5.41, 5.74) is 0.287. The molecule has 1 fully saturated rings. The molecule has 1 aliphatic carbocycles. The Kier molecular flexibility index (Phi) is 6.16. The number of aryl methyl sites for hydroxylation is 1. The van der Waals surface area contributed by atoms with Crippen molar-refractivity contribution in [2.45, 2.75) is 44.1 Å². The predicted octanol–water partition coefficient (Wildman–Crippen LogP) is 2.55. The second-order valence-corrected chi connectivity index (χ2v) is 7.06. The zero-order valence-electron chi connectivity index (χ0n) is 12.0. The van der Waals surface area contributed by atoms with Crippen LogP contribution in [-0.2, 0) is 10.0 Å². The number of hydrogen-bond donors (Lipinski definition) is 2. The molecule has 21 heavy (non-hydrogen) atoms. The van der Waals surface area contributed by atoms with E-state index in [2.05, 4.69) is 4.72 Å². The van der Waals surface area contributed by atoms with Crippen LogP contribution in [0.5, 0.6) is 0 Å². The standard InChI is InChI=1S/C14H19FNO3S.ClH/c1-9-3-4-11(17)8-14(9)16-20(18,19)12-5-6-13(15)10(2)7-12;/h5-7,9,11,16-17H,3-4,8H2,1-2H3;1H. The van der Waals surface area contributed by atoms with Gasteiger partial charge in [-0.1, -0.05) is 6.92 Å². The van der Waals surface area contributed by atoms with Gasteiger partial charge < -0.3 is 5.11 Å². The van der Waals surface area contributed by atoms with Gasteiger partial charge in [0, 0.05) is 0 Å². The Morgan fingerprint density at radius 2 is 2.00 bits per heavy atom. The summed E-state index contributed by atoms with van der Waals surface area (Å²) in [6.07, 6.45) is 1.27. The van der Waals surface area contributed by atoms with Gasteiger partial charge in [-0.3, -0.25) is 0 Å². The van der Waals surface area contributed by atoms with Gasteiger partial charge in [0.2, 0.25) is 10.0 Å². The SMILES string of the molecule is Cc1cc(S(=O)(=O)N[C]2CC(O)CCC2C)ccc1F.Cl. The zero-order chi connectivity index (χ0) is 14.9. The van der Waals surface area contributed by atoms with Gasteiger partial charge in [0.05, 0.1) is 17.0 Å². The molecule has 1 saturated carbocycles. The van der Waals surface area contributed by atoms with Gasteiger partial charge in [-0.15, -0.1) is 12.4 Å². The molecule has 0 aromatic heterocycles. The lowest BCUT2D eigenvalue weighted by atomic mass is 9.85. The fourth-order valence-electron chi connectivity index (χ4n) is 2.33. The molecule has 1 aliphatic rings. The molecule has 0 spiro atoms. The van der Waals surface area contributed by atoms with Crippen LogP contribution in [0.4, 0.5) is 4.39 Å². The highest BCUT2D eigenvalue weighted by Crippen LogP contribution is 2.31. The summed E-state index contributed by atoms with van der Waals surface area (Å²) in [5, 5.41) is 9.64. The zero-order valence-corrected chi connectivity index (χ0v) is 13.6. The molecule has 0 heterocycles. The fourth-order valence-corrected chi connectivity index (χ4v) is 3.66. The Bertz CT molecular complexity index is 594. The maximum absolute atomic E-state index is 13.2. The van der Waals surface area contributed by atoms with Crippen molar-refractivity contribution in [3.8, 4) is 0 Å². The number of halogens is 2. The first kappa shape index (κ1) is 18.4. The normalized spacial score (nSPS) is 23.6. The Balaban J connectivity index is 0.00000220. The van der Waals surface area contributed by atoms with Gasteiger partial charge in [0.1, 0.15) is 5.82 Å². The van der Waals surface area contributed by atoms with Crippen LogP contribution < -0.4 is 4.72 Å². The maximum atomic E-state index is 13.2. The third kappa shape index (κ3) is 4.39. The average molecular weight is 337 g/mol. The van der Waals surface area contributed by atoms with E-state index >= 15 is 0 Å². The van der Waals surface area contributed by atoms with Gasteiger partial charge in [0.25, 0.3) is 0 Å². The van der Waals surface area contributed by atoms with Crippen LogP contribution in [0.2, 0.25) is 0 Å². The molecular weight excluding hydrogens is 317 g/mol. The highest BCUT2D eigenvalue weighted by Gasteiger charge is 2.31. The third-order valence-electron chi connectivity index (χ3n) is 3.69. The number of rotatable bonds is 3. The summed E-state index contributed by atoms with van der Waals surface area (Å²) in [5.74, 6) is -0.340. The van der Waals surface area contributed by atoms with Crippen LogP contribution in [0.25, 0.3) is 0 Å². The lowest BCUT2D eigenvalue weighted by molar-refractivity contribution is 0.121. The monoisotopic (exact) mass is 336 g/mol. The summed E-state index contributed by atoms with van der Waals surface area (Å²) in [7, 11) is -3.72. The molecule has 2 atom stereocenters. The van der Waals surface area contributed by atoms with E-state index in [0.717, 1.165) is 12.5 Å². The molecule has 1 aromatic rings. The van der Waals surface area contributed by atoms with E-state index in [4.69, 9.17) is 0 Å². The second-order valence-electron chi connectivity index (χ2n) is 5.38. The quantitative estimate of drug-likeness (QED) is 0.891. The Hall–Kier alpha value is -0.690. The number of aliphatic hydroxyl groups is 1. The molecule has 4 nitrogen and oxygen atoms in total. The van der Waals surface area contributed by atoms with E-state index in [1.54, 1.807) is 0 Å². The van der Waals surface area contributed by atoms with E-state index in [9.17, 15) is 17.9 Å². The summed E-state index contributed by atoms with van der Waals surface area (Å²) < 4.78 is 40.3. The molecule has 2 unspecified atom stereocenters. The summed E-state index contributed by atoms with van der Waals surface area (Å²) in [4.78, 5) is 0.0381. The Labute approximate surface area is 131 Å². The second kappa shape index (κ2) is 7.05. The largest absolute Gasteiger partial charge is 0.393 e. The van der Waals surface area contributed by atoms with Crippen LogP contribution >= 0.6 is 12.4 Å². The summed E-state index contributed by atoms with van der Waals surface area (Å²) in [6.45, 7) is 3.45. The molecule has 0 aliphatic heterocycles. The number of benzene rings is 1. The molecule has 2 N–H and O–H groups in total. The minimum Gasteiger partial charge on any atom is -0.393 e. The molecule has 2 rings (SSSR count). The van der Waals surface area contributed by atoms with Crippen molar-refractivity contribution in [2.75, 3.05) is 0 Å². The number of hydrogen-bond acceptors (Lipinski definition) is 3. The van der Waals surface area contributed by atoms with Gasteiger partial charge in [0.15, 0.2) is 0 Å². The van der Waals surface area contributed by atoms with Crippen molar-refractivity contribution in [3.05, 3.63) is 35.6 Å². The van der Waals surface area contributed by atoms with Crippen molar-refractivity contribution in [2.24, 2.45) is 5.92 Å². The first-order chi connectivity index (χ1) is 9.29. The molecule has 0 amide bonds. The summed E-state index contributed by atoms with van der Waals surface area (Å²) >= 11 is 0. The van der Waals surface area contributed by atoms with Crippen LogP contribution in [-0.4, -0.2) is 19.6 Å². The molecule has 7 heteroatoms. The van der Waals surface area contributed by atoms with E-state index < -0.39 is 21.9 Å². The molecule has 1 radical (unpaired) electrons. The molecule has 0 saturated heterocycles. The average Bonchev–Trinajstić information content (AvgIpc) is 2.36. The Morgan fingerprint density at radius 1 is 1.33 bits per heavy atom. The van der Waals surface area contributed by atoms with Gasteiger partial charge in [-0.05, 0) is 55.9 Å². The van der Waals surface area contributed by atoms with Gasteiger partial charge >= 0.3 is 0 Å². The van der Waals surface area contributed by atoms with Crippen molar-refractivity contribution in [3.63, 3.8) is 0 Å². The lowest BCUT2D eigenvalue weighted by Gasteiger charge is -2.31. The first-order valence-corrected chi connectivity index (χ1v) is 8.10. The van der Waals surface area contributed by atoms with Crippen molar-refractivity contribution in [1.29, 1.82) is 0 Å². The van der Waals surface area contributed by atoms with Crippen molar-refractivity contribution < 1.29 is 17.9 Å². The van der Waals surface area contributed by atoms with E-state index in [1.807, 2.05) is 6.92 Å². The number of sulfonamides is 1. The number of nitrogens with one attached hydrogen (secondary N) is 1. The highest BCUT2D eigenvalue weighted by atomic mass is 35.5. The van der Waals surface area contributed by atoms with Gasteiger partial charge in [-0.25, -0.2) is 17.5 Å². The summed E-state index contributed by atoms with van der Waals surface area (Å²) in [6, 6.07) is 4.32. The Morgan fingerprint density at radius 3 is 2.62 bits per heavy atom. The molecular formula is C14H20ClFNO3S. The van der Waals surface area contributed by atoms with Crippen LogP contribution in [0, 0.1) is 24.7 Å². The highest BCUT2D eigenvalue weighted by molar-refractivity contribution is 7.89. The van der Waals surface area contributed by atoms with Crippen molar-refractivity contribution >= 4 is 22.4 Å². The number of aliphatic hydroxyl groups excluding tert-OH is 1. The smallest absolute Gasteiger partial charge is 0.241 e. The molecule has 1 aromatic carbocycles. The lowest BCUT2D eigenvalue weighted by Crippen LogP contribution is -2.38.